The van der Waals surface area contributed by atoms with Crippen molar-refractivity contribution in [1.29, 1.82) is 0 Å². The summed E-state index contributed by atoms with van der Waals surface area (Å²) in [4.78, 5) is 12.2. The van der Waals surface area contributed by atoms with E-state index in [2.05, 4.69) is 20.8 Å². The van der Waals surface area contributed by atoms with Gasteiger partial charge in [0, 0.05) is 33.2 Å². The number of carbonyl (C=O) groups excluding carboxylic acids is 1. The Balaban J connectivity index is 1.52. The topological polar surface area (TPSA) is 35.5 Å². The van der Waals surface area contributed by atoms with Crippen molar-refractivity contribution in [3.8, 4) is 0 Å². The van der Waals surface area contributed by atoms with Gasteiger partial charge in [0.2, 0.25) is 0 Å². The van der Waals surface area contributed by atoms with Crippen LogP contribution in [0.25, 0.3) is 0 Å². The highest BCUT2D eigenvalue weighted by Gasteiger charge is 2.62. The number of ether oxygens (including phenoxy) is 2. The molecule has 28 heavy (non-hydrogen) atoms. The van der Waals surface area contributed by atoms with Gasteiger partial charge < -0.3 is 9.47 Å². The third-order valence-corrected chi connectivity index (χ3v) is 9.93. The molecular formula is C25H42O3. The van der Waals surface area contributed by atoms with E-state index in [1.54, 1.807) is 0 Å². The SMILES string of the molecule is CCCCOC[C@H]1CCC2[C@@H]3C[C@@H](OC)C4CC(=O)CC[C@]4(C)C3CC[C@@]21C. The van der Waals surface area contributed by atoms with Crippen LogP contribution in [0, 0.1) is 40.4 Å². The van der Waals surface area contributed by atoms with E-state index in [0.29, 0.717) is 22.5 Å². The van der Waals surface area contributed by atoms with E-state index in [1.807, 2.05) is 7.11 Å². The van der Waals surface area contributed by atoms with Crippen LogP contribution in [0.4, 0.5) is 0 Å². The molecule has 160 valence electrons. The first-order chi connectivity index (χ1) is 13.4. The third kappa shape index (κ3) is 3.29. The van der Waals surface area contributed by atoms with Gasteiger partial charge in [-0.1, -0.05) is 27.2 Å². The summed E-state index contributed by atoms with van der Waals surface area (Å²) in [7, 11) is 1.88. The van der Waals surface area contributed by atoms with Crippen molar-refractivity contribution >= 4 is 5.78 Å². The van der Waals surface area contributed by atoms with Crippen LogP contribution in [-0.4, -0.2) is 32.2 Å². The molecule has 0 radical (unpaired) electrons. The van der Waals surface area contributed by atoms with Crippen molar-refractivity contribution in [2.45, 2.75) is 91.1 Å². The molecule has 0 aliphatic heterocycles. The molecule has 4 aliphatic carbocycles. The van der Waals surface area contributed by atoms with Crippen LogP contribution in [0.2, 0.25) is 0 Å². The standard InChI is InChI=1S/C25H42O3/c1-5-6-13-28-16-17-7-8-20-19-15-23(27-4)22-14-18(26)9-11-25(22,3)21(19)10-12-24(17,20)2/h17,19-23H,5-16H2,1-4H3/t17-,19+,20?,21?,22?,23-,24-,25-/m1/s1. The Labute approximate surface area is 172 Å². The van der Waals surface area contributed by atoms with Gasteiger partial charge in [0.1, 0.15) is 5.78 Å². The van der Waals surface area contributed by atoms with Gasteiger partial charge in [-0.15, -0.1) is 0 Å². The maximum atomic E-state index is 12.2. The summed E-state index contributed by atoms with van der Waals surface area (Å²) in [5, 5.41) is 0. The first-order valence-corrected chi connectivity index (χ1v) is 12.1. The molecular weight excluding hydrogens is 348 g/mol. The Kier molecular flexibility index (Phi) is 5.97. The largest absolute Gasteiger partial charge is 0.381 e. The molecule has 0 saturated heterocycles. The highest BCUT2D eigenvalue weighted by atomic mass is 16.5. The Hall–Kier alpha value is -0.410. The number of methoxy groups -OCH3 is 1. The highest BCUT2D eigenvalue weighted by Crippen LogP contribution is 2.67. The van der Waals surface area contributed by atoms with Crippen LogP contribution >= 0.6 is 0 Å². The highest BCUT2D eigenvalue weighted by molar-refractivity contribution is 5.79. The molecule has 0 aromatic carbocycles. The minimum atomic E-state index is 0.276. The van der Waals surface area contributed by atoms with E-state index in [-0.39, 0.29) is 6.10 Å². The van der Waals surface area contributed by atoms with Gasteiger partial charge in [0.05, 0.1) is 6.10 Å². The van der Waals surface area contributed by atoms with Gasteiger partial charge in [0.25, 0.3) is 0 Å². The average molecular weight is 391 g/mol. The van der Waals surface area contributed by atoms with Crippen LogP contribution in [0.1, 0.15) is 85.0 Å². The molecule has 0 aromatic rings. The zero-order valence-corrected chi connectivity index (χ0v) is 18.7. The predicted molar refractivity (Wildman–Crippen MR) is 112 cm³/mol. The van der Waals surface area contributed by atoms with Crippen LogP contribution < -0.4 is 0 Å². The van der Waals surface area contributed by atoms with E-state index in [1.165, 1.54) is 44.9 Å². The monoisotopic (exact) mass is 390 g/mol. The minimum absolute atomic E-state index is 0.276. The summed E-state index contributed by atoms with van der Waals surface area (Å²) in [6.45, 7) is 9.22. The molecule has 0 amide bonds. The second kappa shape index (κ2) is 8.02. The van der Waals surface area contributed by atoms with Gasteiger partial charge in [0.15, 0.2) is 0 Å². The first kappa shape index (κ1) is 20.8. The molecule has 3 unspecified atom stereocenters. The van der Waals surface area contributed by atoms with Crippen molar-refractivity contribution in [1.82, 2.24) is 0 Å². The van der Waals surface area contributed by atoms with Crippen molar-refractivity contribution < 1.29 is 14.3 Å². The van der Waals surface area contributed by atoms with Crippen molar-refractivity contribution in [2.24, 2.45) is 40.4 Å². The summed E-state index contributed by atoms with van der Waals surface area (Å²) >= 11 is 0. The predicted octanol–water partition coefficient (Wildman–Crippen LogP) is 5.66. The molecule has 0 heterocycles. The fourth-order valence-electron chi connectivity index (χ4n) is 8.17. The quantitative estimate of drug-likeness (QED) is 0.549. The summed E-state index contributed by atoms with van der Waals surface area (Å²) in [6.07, 6.45) is 11.9. The van der Waals surface area contributed by atoms with Gasteiger partial charge >= 0.3 is 0 Å². The summed E-state index contributed by atoms with van der Waals surface area (Å²) in [5.41, 5.74) is 0.744. The fraction of sp³-hybridized carbons (Fsp3) is 0.960. The molecule has 4 rings (SSSR count). The van der Waals surface area contributed by atoms with E-state index in [0.717, 1.165) is 56.1 Å². The smallest absolute Gasteiger partial charge is 0.133 e. The number of ketones is 1. The summed E-state index contributed by atoms with van der Waals surface area (Å²) in [5.74, 6) is 4.02. The van der Waals surface area contributed by atoms with Crippen molar-refractivity contribution in [3.05, 3.63) is 0 Å². The van der Waals surface area contributed by atoms with E-state index >= 15 is 0 Å². The van der Waals surface area contributed by atoms with Crippen molar-refractivity contribution in [3.63, 3.8) is 0 Å². The maximum Gasteiger partial charge on any atom is 0.133 e. The lowest BCUT2D eigenvalue weighted by atomic mass is 9.44. The Morgan fingerprint density at radius 1 is 1.04 bits per heavy atom. The fourth-order valence-corrected chi connectivity index (χ4v) is 8.17. The molecule has 3 nitrogen and oxygen atoms in total. The molecule has 4 fully saturated rings. The molecule has 4 aliphatic rings. The van der Waals surface area contributed by atoms with Gasteiger partial charge in [-0.05, 0) is 85.4 Å². The van der Waals surface area contributed by atoms with E-state index < -0.39 is 0 Å². The van der Waals surface area contributed by atoms with E-state index in [4.69, 9.17) is 9.47 Å². The molecule has 0 aromatic heterocycles. The van der Waals surface area contributed by atoms with Crippen LogP contribution in [0.3, 0.4) is 0 Å². The van der Waals surface area contributed by atoms with Crippen LogP contribution in [0.5, 0.6) is 0 Å². The number of unbranched alkanes of at least 4 members (excludes halogenated alkanes) is 1. The van der Waals surface area contributed by atoms with Gasteiger partial charge in [-0.3, -0.25) is 4.79 Å². The average Bonchev–Trinajstić information content (AvgIpc) is 3.02. The Morgan fingerprint density at radius 2 is 1.82 bits per heavy atom. The third-order valence-electron chi connectivity index (χ3n) is 9.93. The molecule has 4 saturated carbocycles. The minimum Gasteiger partial charge on any atom is -0.381 e. The molecule has 0 N–H and O–H groups in total. The summed E-state index contributed by atoms with van der Waals surface area (Å²) in [6, 6.07) is 0. The zero-order valence-electron chi connectivity index (χ0n) is 18.7. The first-order valence-electron chi connectivity index (χ1n) is 12.1. The molecule has 0 spiro atoms. The summed E-state index contributed by atoms with van der Waals surface area (Å²) < 4.78 is 12.2. The number of fused-ring (bicyclic) bond motifs is 5. The number of Topliss-reactive ketones (excluding diaryl/α,β-unsaturated/α-hetero) is 1. The van der Waals surface area contributed by atoms with Gasteiger partial charge in [-0.25, -0.2) is 0 Å². The number of hydrogen-bond donors (Lipinski definition) is 0. The molecule has 8 atom stereocenters. The Morgan fingerprint density at radius 3 is 2.57 bits per heavy atom. The lowest BCUT2D eigenvalue weighted by Gasteiger charge is -2.62. The molecule has 3 heteroatoms. The van der Waals surface area contributed by atoms with Crippen LogP contribution in [0.15, 0.2) is 0 Å². The van der Waals surface area contributed by atoms with Crippen molar-refractivity contribution in [2.75, 3.05) is 20.3 Å². The zero-order chi connectivity index (χ0) is 19.9. The second-order valence-electron chi connectivity index (χ2n) is 11.0. The maximum absolute atomic E-state index is 12.2. The van der Waals surface area contributed by atoms with E-state index in [9.17, 15) is 4.79 Å². The normalized spacial score (nSPS) is 48.1. The second-order valence-corrected chi connectivity index (χ2v) is 11.0. The van der Waals surface area contributed by atoms with Gasteiger partial charge in [-0.2, -0.15) is 0 Å². The lowest BCUT2D eigenvalue weighted by Crippen LogP contribution is -2.58. The number of carbonyl (C=O) groups is 1. The number of rotatable bonds is 6. The Bertz CT molecular complexity index is 574. The molecule has 0 bridgehead atoms. The lowest BCUT2D eigenvalue weighted by molar-refractivity contribution is -0.172. The van der Waals surface area contributed by atoms with Crippen LogP contribution in [-0.2, 0) is 14.3 Å². The number of hydrogen-bond acceptors (Lipinski definition) is 3.